The van der Waals surface area contributed by atoms with Crippen molar-refractivity contribution in [3.63, 3.8) is 0 Å². The number of carbonyl (C=O) groups is 1. The van der Waals surface area contributed by atoms with Gasteiger partial charge in [-0.05, 0) is 12.1 Å². The molecule has 0 bridgehead atoms. The van der Waals surface area contributed by atoms with Crippen molar-refractivity contribution in [3.8, 4) is 0 Å². The number of furan rings is 1. The topological polar surface area (TPSA) is 51.9 Å². The molecule has 88 valence electrons. The second-order valence-electron chi connectivity index (χ2n) is 3.74. The molecule has 2 heterocycles. The minimum atomic E-state index is -0.119. The van der Waals surface area contributed by atoms with Crippen LogP contribution in [0, 0.1) is 0 Å². The molecule has 1 saturated heterocycles. The number of likely N-dealkylation sites (tertiary alicyclic amines) is 1. The summed E-state index contributed by atoms with van der Waals surface area (Å²) in [6.45, 7) is 1.07. The third-order valence-electron chi connectivity index (χ3n) is 2.84. The van der Waals surface area contributed by atoms with Crippen LogP contribution in [0.1, 0.15) is 10.6 Å². The summed E-state index contributed by atoms with van der Waals surface area (Å²) in [5.74, 6) is 0.234. The van der Waals surface area contributed by atoms with Gasteiger partial charge in [-0.2, -0.15) is 0 Å². The van der Waals surface area contributed by atoms with Crippen LogP contribution in [0.5, 0.6) is 0 Å². The number of methoxy groups -OCH3 is 2. The first-order valence-electron chi connectivity index (χ1n) is 5.14. The van der Waals surface area contributed by atoms with Crippen molar-refractivity contribution in [3.05, 3.63) is 24.2 Å². The summed E-state index contributed by atoms with van der Waals surface area (Å²) < 4.78 is 15.6. The quantitative estimate of drug-likeness (QED) is 0.762. The molecule has 1 aromatic heterocycles. The predicted octanol–water partition coefficient (Wildman–Crippen LogP) is 0.765. The minimum absolute atomic E-state index is 0.0658. The number of rotatable bonds is 3. The summed E-state index contributed by atoms with van der Waals surface area (Å²) in [5, 5.41) is 0. The summed E-state index contributed by atoms with van der Waals surface area (Å²) in [4.78, 5) is 13.6. The Balaban J connectivity index is 2.05. The fraction of sp³-hybridized carbons (Fsp3) is 0.545. The molecule has 0 radical (unpaired) electrons. The fourth-order valence-corrected chi connectivity index (χ4v) is 1.92. The monoisotopic (exact) mass is 225 g/mol. The first kappa shape index (κ1) is 11.2. The number of nitrogens with zero attached hydrogens (tertiary/aromatic N) is 1. The van der Waals surface area contributed by atoms with Gasteiger partial charge in [-0.25, -0.2) is 0 Å². The zero-order valence-electron chi connectivity index (χ0n) is 9.38. The summed E-state index contributed by atoms with van der Waals surface area (Å²) in [6.07, 6.45) is 1.36. The van der Waals surface area contributed by atoms with Crippen LogP contribution in [-0.4, -0.2) is 50.3 Å². The molecular weight excluding hydrogens is 210 g/mol. The normalized spacial score (nSPS) is 25.0. The van der Waals surface area contributed by atoms with E-state index in [1.165, 1.54) is 6.26 Å². The van der Waals surface area contributed by atoms with Gasteiger partial charge in [0.05, 0.1) is 6.26 Å². The van der Waals surface area contributed by atoms with E-state index in [1.807, 2.05) is 0 Å². The molecule has 0 spiro atoms. The van der Waals surface area contributed by atoms with Crippen molar-refractivity contribution in [2.24, 2.45) is 0 Å². The largest absolute Gasteiger partial charge is 0.459 e. The molecule has 1 aliphatic heterocycles. The third kappa shape index (κ3) is 1.96. The maximum atomic E-state index is 12.0. The number of carbonyl (C=O) groups excluding carboxylic acids is 1. The summed E-state index contributed by atoms with van der Waals surface area (Å²) >= 11 is 0. The van der Waals surface area contributed by atoms with Gasteiger partial charge in [-0.3, -0.25) is 4.79 Å². The number of hydrogen-bond acceptors (Lipinski definition) is 4. The Kier molecular flexibility index (Phi) is 3.26. The highest BCUT2D eigenvalue weighted by Crippen LogP contribution is 2.18. The molecule has 1 fully saturated rings. The van der Waals surface area contributed by atoms with E-state index in [0.717, 1.165) is 0 Å². The second kappa shape index (κ2) is 4.67. The predicted molar refractivity (Wildman–Crippen MR) is 56.2 cm³/mol. The van der Waals surface area contributed by atoms with Gasteiger partial charge in [0.2, 0.25) is 0 Å². The van der Waals surface area contributed by atoms with Crippen molar-refractivity contribution < 1.29 is 18.7 Å². The second-order valence-corrected chi connectivity index (χ2v) is 3.74. The molecule has 0 N–H and O–H groups in total. The standard InChI is InChI=1S/C11H15NO4/c1-14-9-6-12(7-10(9)15-2)11(13)8-4-3-5-16-8/h3-5,9-10H,6-7H2,1-2H3. The van der Waals surface area contributed by atoms with Gasteiger partial charge in [0.25, 0.3) is 5.91 Å². The molecule has 5 nitrogen and oxygen atoms in total. The van der Waals surface area contributed by atoms with Gasteiger partial charge < -0.3 is 18.8 Å². The van der Waals surface area contributed by atoms with Crippen LogP contribution < -0.4 is 0 Å². The van der Waals surface area contributed by atoms with Crippen LogP contribution in [0.3, 0.4) is 0 Å². The zero-order valence-corrected chi connectivity index (χ0v) is 9.38. The Morgan fingerprint density at radius 2 is 2.00 bits per heavy atom. The van der Waals surface area contributed by atoms with E-state index in [-0.39, 0.29) is 18.1 Å². The van der Waals surface area contributed by atoms with E-state index in [4.69, 9.17) is 13.9 Å². The summed E-state index contributed by atoms with van der Waals surface area (Å²) in [5.41, 5.74) is 0. The van der Waals surface area contributed by atoms with Crippen LogP contribution in [0.15, 0.2) is 22.8 Å². The Hall–Kier alpha value is -1.33. The molecule has 0 saturated carbocycles. The average molecular weight is 225 g/mol. The molecule has 1 aliphatic rings. The van der Waals surface area contributed by atoms with Gasteiger partial charge >= 0.3 is 0 Å². The maximum Gasteiger partial charge on any atom is 0.289 e. The van der Waals surface area contributed by atoms with Crippen LogP contribution in [-0.2, 0) is 9.47 Å². The molecule has 16 heavy (non-hydrogen) atoms. The average Bonchev–Trinajstić information content (AvgIpc) is 2.96. The first-order valence-corrected chi connectivity index (χ1v) is 5.14. The first-order chi connectivity index (χ1) is 7.76. The van der Waals surface area contributed by atoms with E-state index in [2.05, 4.69) is 0 Å². The molecule has 2 atom stereocenters. The molecular formula is C11H15NO4. The van der Waals surface area contributed by atoms with E-state index in [0.29, 0.717) is 18.8 Å². The van der Waals surface area contributed by atoms with E-state index in [1.54, 1.807) is 31.3 Å². The molecule has 1 amide bonds. The van der Waals surface area contributed by atoms with Gasteiger partial charge in [0, 0.05) is 27.3 Å². The lowest BCUT2D eigenvalue weighted by Crippen LogP contribution is -2.29. The smallest absolute Gasteiger partial charge is 0.289 e. The summed E-state index contributed by atoms with van der Waals surface area (Å²) in [6, 6.07) is 3.36. The fourth-order valence-electron chi connectivity index (χ4n) is 1.92. The van der Waals surface area contributed by atoms with Crippen LogP contribution in [0.2, 0.25) is 0 Å². The van der Waals surface area contributed by atoms with Gasteiger partial charge in [-0.1, -0.05) is 0 Å². The van der Waals surface area contributed by atoms with E-state index >= 15 is 0 Å². The molecule has 2 rings (SSSR count). The zero-order chi connectivity index (χ0) is 11.5. The van der Waals surface area contributed by atoms with Crippen molar-refractivity contribution in [2.45, 2.75) is 12.2 Å². The highest BCUT2D eigenvalue weighted by molar-refractivity contribution is 5.91. The van der Waals surface area contributed by atoms with E-state index < -0.39 is 0 Å². The minimum Gasteiger partial charge on any atom is -0.459 e. The van der Waals surface area contributed by atoms with Crippen molar-refractivity contribution >= 4 is 5.91 Å². The van der Waals surface area contributed by atoms with Gasteiger partial charge in [0.15, 0.2) is 5.76 Å². The SMILES string of the molecule is COC1CN(C(=O)c2ccco2)CC1OC. The summed E-state index contributed by atoms with van der Waals surface area (Å²) in [7, 11) is 3.25. The van der Waals surface area contributed by atoms with Gasteiger partial charge in [-0.15, -0.1) is 0 Å². The van der Waals surface area contributed by atoms with Gasteiger partial charge in [0.1, 0.15) is 12.2 Å². The maximum absolute atomic E-state index is 12.0. The van der Waals surface area contributed by atoms with Crippen LogP contribution in [0.4, 0.5) is 0 Å². The van der Waals surface area contributed by atoms with Crippen molar-refractivity contribution in [1.82, 2.24) is 4.90 Å². The number of amides is 1. The molecule has 2 unspecified atom stereocenters. The van der Waals surface area contributed by atoms with Crippen LogP contribution >= 0.6 is 0 Å². The Morgan fingerprint density at radius 1 is 1.38 bits per heavy atom. The molecule has 0 aromatic carbocycles. The highest BCUT2D eigenvalue weighted by atomic mass is 16.5. The lowest BCUT2D eigenvalue weighted by Gasteiger charge is -2.13. The molecule has 0 aliphatic carbocycles. The third-order valence-corrected chi connectivity index (χ3v) is 2.84. The van der Waals surface area contributed by atoms with Crippen LogP contribution in [0.25, 0.3) is 0 Å². The Bertz CT molecular complexity index is 337. The molecule has 5 heteroatoms. The lowest BCUT2D eigenvalue weighted by molar-refractivity contribution is -0.00461. The van der Waals surface area contributed by atoms with E-state index in [9.17, 15) is 4.79 Å². The Labute approximate surface area is 93.9 Å². The van der Waals surface area contributed by atoms with Crippen molar-refractivity contribution in [1.29, 1.82) is 0 Å². The number of hydrogen-bond donors (Lipinski definition) is 0. The highest BCUT2D eigenvalue weighted by Gasteiger charge is 2.36. The van der Waals surface area contributed by atoms with Crippen molar-refractivity contribution in [2.75, 3.05) is 27.3 Å². The Morgan fingerprint density at radius 3 is 2.44 bits per heavy atom. The molecule has 1 aromatic rings. The lowest BCUT2D eigenvalue weighted by atomic mass is 10.3. The number of ether oxygens (including phenoxy) is 2.